The Bertz CT molecular complexity index is 160. The molecule has 0 aliphatic carbocycles. The lowest BCUT2D eigenvalue weighted by Gasteiger charge is -2.50. The first-order valence-electron chi connectivity index (χ1n) is 4.84. The Hall–Kier alpha value is -0.120. The van der Waals surface area contributed by atoms with Crippen molar-refractivity contribution < 1.29 is 4.74 Å². The lowest BCUT2D eigenvalue weighted by atomic mass is 9.87. The van der Waals surface area contributed by atoms with Crippen molar-refractivity contribution >= 4 is 0 Å². The zero-order valence-electron chi connectivity index (χ0n) is 7.75. The minimum absolute atomic E-state index is 0.114. The summed E-state index contributed by atoms with van der Waals surface area (Å²) >= 11 is 0. The summed E-state index contributed by atoms with van der Waals surface area (Å²) in [5.41, 5.74) is 6.19. The van der Waals surface area contributed by atoms with Crippen LogP contribution < -0.4 is 5.73 Å². The van der Waals surface area contributed by atoms with Gasteiger partial charge in [-0.05, 0) is 12.8 Å². The molecule has 3 nitrogen and oxygen atoms in total. The van der Waals surface area contributed by atoms with Gasteiger partial charge in [0.1, 0.15) is 0 Å². The first-order valence-corrected chi connectivity index (χ1v) is 4.84. The summed E-state index contributed by atoms with van der Waals surface area (Å²) in [7, 11) is 0. The Balaban J connectivity index is 1.80. The molecule has 0 bridgehead atoms. The summed E-state index contributed by atoms with van der Waals surface area (Å²) in [6.45, 7) is 6.15. The van der Waals surface area contributed by atoms with Crippen molar-refractivity contribution in [1.82, 2.24) is 4.90 Å². The van der Waals surface area contributed by atoms with E-state index in [1.807, 2.05) is 0 Å². The summed E-state index contributed by atoms with van der Waals surface area (Å²) in [5.74, 6) is 0. The molecule has 2 fully saturated rings. The second-order valence-corrected chi connectivity index (χ2v) is 4.14. The molecule has 2 saturated heterocycles. The molecule has 0 aromatic heterocycles. The molecule has 12 heavy (non-hydrogen) atoms. The number of rotatable bonds is 2. The Morgan fingerprint density at radius 1 is 1.58 bits per heavy atom. The number of hydrogen-bond donors (Lipinski definition) is 1. The Kier molecular flexibility index (Phi) is 2.10. The minimum Gasteiger partial charge on any atom is -0.380 e. The fraction of sp³-hybridized carbons (Fsp3) is 1.00. The van der Waals surface area contributed by atoms with E-state index in [9.17, 15) is 0 Å². The highest BCUT2D eigenvalue weighted by molar-refractivity contribution is 5.01. The van der Waals surface area contributed by atoms with Crippen LogP contribution in [-0.2, 0) is 4.74 Å². The van der Waals surface area contributed by atoms with Gasteiger partial charge in [-0.25, -0.2) is 0 Å². The smallest absolute Gasteiger partial charge is 0.0622 e. The first-order chi connectivity index (χ1) is 5.73. The molecule has 1 atom stereocenters. The molecule has 70 valence electrons. The maximum absolute atomic E-state index is 6.08. The molecule has 1 unspecified atom stereocenters. The normalized spacial score (nSPS) is 35.0. The van der Waals surface area contributed by atoms with Crippen LogP contribution >= 0.6 is 0 Å². The van der Waals surface area contributed by atoms with Crippen molar-refractivity contribution in [2.45, 2.75) is 31.3 Å². The van der Waals surface area contributed by atoms with E-state index in [4.69, 9.17) is 10.5 Å². The molecule has 2 heterocycles. The average molecular weight is 170 g/mol. The van der Waals surface area contributed by atoms with Crippen LogP contribution in [0, 0.1) is 0 Å². The Morgan fingerprint density at radius 3 is 2.83 bits per heavy atom. The van der Waals surface area contributed by atoms with Gasteiger partial charge in [0.2, 0.25) is 0 Å². The van der Waals surface area contributed by atoms with E-state index >= 15 is 0 Å². The van der Waals surface area contributed by atoms with Crippen LogP contribution in [0.3, 0.4) is 0 Å². The average Bonchev–Trinajstić information content (AvgIpc) is 2.50. The summed E-state index contributed by atoms with van der Waals surface area (Å²) in [5, 5.41) is 0. The second kappa shape index (κ2) is 2.98. The van der Waals surface area contributed by atoms with Crippen LogP contribution in [0.1, 0.15) is 19.8 Å². The summed E-state index contributed by atoms with van der Waals surface area (Å²) in [6.07, 6.45) is 2.29. The number of nitrogens with two attached hydrogens (primary N) is 1. The number of ether oxygens (including phenoxy) is 1. The molecule has 2 aliphatic rings. The van der Waals surface area contributed by atoms with Crippen molar-refractivity contribution in [3.8, 4) is 0 Å². The highest BCUT2D eigenvalue weighted by Gasteiger charge is 2.41. The maximum atomic E-state index is 6.08. The molecular formula is C9H18N2O. The molecule has 0 radical (unpaired) electrons. The SMILES string of the molecule is CCC1(N)CN(C2CCOC2)C1. The third-order valence-corrected chi connectivity index (χ3v) is 3.16. The van der Waals surface area contributed by atoms with Crippen LogP contribution in [0.15, 0.2) is 0 Å². The molecule has 2 rings (SSSR count). The van der Waals surface area contributed by atoms with E-state index < -0.39 is 0 Å². The molecular weight excluding hydrogens is 152 g/mol. The summed E-state index contributed by atoms with van der Waals surface area (Å²) in [4.78, 5) is 2.45. The van der Waals surface area contributed by atoms with Gasteiger partial charge in [0.25, 0.3) is 0 Å². The zero-order chi connectivity index (χ0) is 8.60. The molecule has 3 heteroatoms. The fourth-order valence-electron chi connectivity index (χ4n) is 2.05. The van der Waals surface area contributed by atoms with Crippen molar-refractivity contribution in [1.29, 1.82) is 0 Å². The van der Waals surface area contributed by atoms with E-state index in [-0.39, 0.29) is 5.54 Å². The third-order valence-electron chi connectivity index (χ3n) is 3.16. The quantitative estimate of drug-likeness (QED) is 0.643. The molecule has 0 amide bonds. The van der Waals surface area contributed by atoms with Crippen LogP contribution in [-0.4, -0.2) is 42.8 Å². The van der Waals surface area contributed by atoms with E-state index in [0.717, 1.165) is 32.7 Å². The van der Waals surface area contributed by atoms with Crippen LogP contribution in [0.25, 0.3) is 0 Å². The second-order valence-electron chi connectivity index (χ2n) is 4.14. The number of hydrogen-bond acceptors (Lipinski definition) is 3. The van der Waals surface area contributed by atoms with Gasteiger partial charge in [0, 0.05) is 31.3 Å². The van der Waals surface area contributed by atoms with Gasteiger partial charge in [0.15, 0.2) is 0 Å². The van der Waals surface area contributed by atoms with Crippen molar-refractivity contribution in [3.63, 3.8) is 0 Å². The first kappa shape index (κ1) is 8.48. The predicted molar refractivity (Wildman–Crippen MR) is 48.0 cm³/mol. The van der Waals surface area contributed by atoms with Gasteiger partial charge in [-0.3, -0.25) is 4.90 Å². The van der Waals surface area contributed by atoms with Gasteiger partial charge in [-0.1, -0.05) is 6.92 Å². The van der Waals surface area contributed by atoms with E-state index in [1.165, 1.54) is 6.42 Å². The molecule has 0 aromatic carbocycles. The monoisotopic (exact) mass is 170 g/mol. The molecule has 0 saturated carbocycles. The van der Waals surface area contributed by atoms with Crippen molar-refractivity contribution in [2.75, 3.05) is 26.3 Å². The molecule has 2 N–H and O–H groups in total. The van der Waals surface area contributed by atoms with Gasteiger partial charge in [0.05, 0.1) is 6.61 Å². The van der Waals surface area contributed by atoms with Crippen molar-refractivity contribution in [3.05, 3.63) is 0 Å². The van der Waals surface area contributed by atoms with E-state index in [0.29, 0.717) is 6.04 Å². The zero-order valence-corrected chi connectivity index (χ0v) is 7.75. The van der Waals surface area contributed by atoms with Crippen LogP contribution in [0.5, 0.6) is 0 Å². The topological polar surface area (TPSA) is 38.5 Å². The number of nitrogens with zero attached hydrogens (tertiary/aromatic N) is 1. The Labute approximate surface area is 73.9 Å². The largest absolute Gasteiger partial charge is 0.380 e. The maximum Gasteiger partial charge on any atom is 0.0622 e. The molecule has 2 aliphatic heterocycles. The van der Waals surface area contributed by atoms with Crippen molar-refractivity contribution in [2.24, 2.45) is 5.73 Å². The van der Waals surface area contributed by atoms with Gasteiger partial charge in [-0.15, -0.1) is 0 Å². The molecule has 0 aromatic rings. The molecule has 0 spiro atoms. The summed E-state index contributed by atoms with van der Waals surface area (Å²) < 4.78 is 5.33. The highest BCUT2D eigenvalue weighted by atomic mass is 16.5. The number of likely N-dealkylation sites (tertiary alicyclic amines) is 1. The van der Waals surface area contributed by atoms with Gasteiger partial charge >= 0.3 is 0 Å². The lowest BCUT2D eigenvalue weighted by molar-refractivity contribution is 0.0220. The fourth-order valence-corrected chi connectivity index (χ4v) is 2.05. The third kappa shape index (κ3) is 1.37. The van der Waals surface area contributed by atoms with E-state index in [1.54, 1.807) is 0 Å². The van der Waals surface area contributed by atoms with Gasteiger partial charge in [-0.2, -0.15) is 0 Å². The predicted octanol–water partition coefficient (Wildman–Crippen LogP) is 0.198. The summed E-state index contributed by atoms with van der Waals surface area (Å²) in [6, 6.07) is 0.660. The standard InChI is InChI=1S/C9H18N2O/c1-2-9(10)6-11(7-9)8-3-4-12-5-8/h8H,2-7,10H2,1H3. The van der Waals surface area contributed by atoms with Gasteiger partial charge < -0.3 is 10.5 Å². The van der Waals surface area contributed by atoms with Crippen LogP contribution in [0.4, 0.5) is 0 Å². The highest BCUT2D eigenvalue weighted by Crippen LogP contribution is 2.26. The lowest BCUT2D eigenvalue weighted by Crippen LogP contribution is -2.69. The Morgan fingerprint density at radius 2 is 2.33 bits per heavy atom. The van der Waals surface area contributed by atoms with E-state index in [2.05, 4.69) is 11.8 Å². The minimum atomic E-state index is 0.114. The van der Waals surface area contributed by atoms with Crippen LogP contribution in [0.2, 0.25) is 0 Å².